The van der Waals surface area contributed by atoms with E-state index < -0.39 is 12.2 Å². The number of halogens is 1. The Balaban J connectivity index is 1.43. The van der Waals surface area contributed by atoms with Crippen molar-refractivity contribution in [3.05, 3.63) is 58.7 Å². The molecule has 0 radical (unpaired) electrons. The van der Waals surface area contributed by atoms with E-state index in [0.29, 0.717) is 24.7 Å². The van der Waals surface area contributed by atoms with E-state index in [1.54, 1.807) is 13.1 Å². The van der Waals surface area contributed by atoms with Crippen LogP contribution in [-0.2, 0) is 4.79 Å². The fraction of sp³-hybridized carbons (Fsp3) is 0.500. The molecule has 1 unspecified atom stereocenters. The van der Waals surface area contributed by atoms with Gasteiger partial charge in [-0.25, -0.2) is 9.78 Å². The number of rotatable bonds is 6. The van der Waals surface area contributed by atoms with Crippen LogP contribution in [0.5, 0.6) is 0 Å². The molecule has 2 amide bonds. The third-order valence-corrected chi connectivity index (χ3v) is 7.56. The Labute approximate surface area is 211 Å². The quantitative estimate of drug-likeness (QED) is 0.622. The number of carboxylic acid groups (broad SMARTS) is 1. The number of aliphatic hydroxyl groups excluding tert-OH is 1. The van der Waals surface area contributed by atoms with Gasteiger partial charge in [0.2, 0.25) is 5.91 Å². The van der Waals surface area contributed by atoms with Crippen LogP contribution in [-0.4, -0.2) is 75.8 Å². The third kappa shape index (κ3) is 5.54. The van der Waals surface area contributed by atoms with Crippen molar-refractivity contribution >= 4 is 29.4 Å². The third-order valence-electron chi connectivity index (χ3n) is 7.31. The molecule has 0 aliphatic carbocycles. The normalized spacial score (nSPS) is 21.7. The van der Waals surface area contributed by atoms with E-state index in [1.165, 1.54) is 4.90 Å². The van der Waals surface area contributed by atoms with Gasteiger partial charge in [-0.3, -0.25) is 4.79 Å². The molecule has 3 atom stereocenters. The Bertz CT molecular complexity index is 1020. The van der Waals surface area contributed by atoms with Gasteiger partial charge in [-0.1, -0.05) is 29.8 Å². The Morgan fingerprint density at radius 3 is 2.37 bits per heavy atom. The summed E-state index contributed by atoms with van der Waals surface area (Å²) in [6, 6.07) is 11.0. The minimum Gasteiger partial charge on any atom is -0.465 e. The second kappa shape index (κ2) is 10.8. The zero-order chi connectivity index (χ0) is 25.1. The highest BCUT2D eigenvalue weighted by Crippen LogP contribution is 2.34. The van der Waals surface area contributed by atoms with Crippen molar-refractivity contribution in [2.45, 2.75) is 44.8 Å². The lowest BCUT2D eigenvalue weighted by Crippen LogP contribution is -2.45. The van der Waals surface area contributed by atoms with Crippen LogP contribution >= 0.6 is 11.6 Å². The number of likely N-dealkylation sites (N-methyl/N-ethyl adjacent to an activating group) is 1. The summed E-state index contributed by atoms with van der Waals surface area (Å²) in [6.45, 7) is 6.26. The largest absolute Gasteiger partial charge is 0.465 e. The minimum atomic E-state index is -0.965. The number of aromatic nitrogens is 1. The first-order valence-electron chi connectivity index (χ1n) is 12.2. The molecule has 3 heterocycles. The molecule has 2 saturated heterocycles. The van der Waals surface area contributed by atoms with Crippen LogP contribution in [0.1, 0.15) is 49.8 Å². The van der Waals surface area contributed by atoms with Gasteiger partial charge in [-0.15, -0.1) is 0 Å². The second-order valence-corrected chi connectivity index (χ2v) is 9.86. The average molecular weight is 501 g/mol. The molecule has 2 aliphatic rings. The highest BCUT2D eigenvalue weighted by molar-refractivity contribution is 6.30. The summed E-state index contributed by atoms with van der Waals surface area (Å²) in [5, 5.41) is 20.1. The fourth-order valence-electron chi connectivity index (χ4n) is 5.28. The maximum atomic E-state index is 13.5. The SMILES string of the molecule is CCN(C(=O)O)[C@@H]1CN(C(=O)C2CCN(c3ccc(C(C)O)cn3)CC2)C[C@H]1c1ccc(Cl)cc1. The lowest BCUT2D eigenvalue weighted by molar-refractivity contribution is -0.135. The standard InChI is InChI=1S/C26H33ClN4O4/c1-3-31(26(34)35)23-16-30(15-22(23)18-4-7-21(27)8-5-18)25(33)19-10-12-29(13-11-19)24-9-6-20(14-28-24)17(2)32/h4-9,14,17,19,22-23,32H,3,10-13,15-16H2,1-2H3,(H,34,35)/t17?,22-,23+/m0/s1. The first kappa shape index (κ1) is 25.3. The van der Waals surface area contributed by atoms with Crippen molar-refractivity contribution in [2.24, 2.45) is 5.92 Å². The Morgan fingerprint density at radius 1 is 1.14 bits per heavy atom. The van der Waals surface area contributed by atoms with Crippen molar-refractivity contribution in [3.63, 3.8) is 0 Å². The van der Waals surface area contributed by atoms with Crippen molar-refractivity contribution in [2.75, 3.05) is 37.6 Å². The number of aliphatic hydroxyl groups is 1. The van der Waals surface area contributed by atoms with Crippen LogP contribution in [0.3, 0.4) is 0 Å². The summed E-state index contributed by atoms with van der Waals surface area (Å²) in [7, 11) is 0. The highest BCUT2D eigenvalue weighted by Gasteiger charge is 2.42. The summed E-state index contributed by atoms with van der Waals surface area (Å²) < 4.78 is 0. The van der Waals surface area contributed by atoms with Crippen molar-refractivity contribution < 1.29 is 19.8 Å². The van der Waals surface area contributed by atoms with Crippen molar-refractivity contribution in [3.8, 4) is 0 Å². The van der Waals surface area contributed by atoms with Gasteiger partial charge in [-0.2, -0.15) is 0 Å². The second-order valence-electron chi connectivity index (χ2n) is 9.42. The molecular formula is C26H33ClN4O4. The molecule has 35 heavy (non-hydrogen) atoms. The van der Waals surface area contributed by atoms with Gasteiger partial charge in [0.25, 0.3) is 0 Å². The molecule has 1 aromatic carbocycles. The van der Waals surface area contributed by atoms with Crippen LogP contribution in [0.15, 0.2) is 42.6 Å². The Hall–Kier alpha value is -2.84. The number of likely N-dealkylation sites (tertiary alicyclic amines) is 1. The predicted octanol–water partition coefficient (Wildman–Crippen LogP) is 4.00. The predicted molar refractivity (Wildman–Crippen MR) is 135 cm³/mol. The lowest BCUT2D eigenvalue weighted by Gasteiger charge is -2.34. The topological polar surface area (TPSA) is 97.2 Å². The van der Waals surface area contributed by atoms with Gasteiger partial charge in [0.05, 0.1) is 12.1 Å². The van der Waals surface area contributed by atoms with E-state index in [9.17, 15) is 19.8 Å². The molecule has 4 rings (SSSR count). The molecule has 2 aliphatic heterocycles. The van der Waals surface area contributed by atoms with E-state index in [2.05, 4.69) is 9.88 Å². The number of hydrogen-bond donors (Lipinski definition) is 2. The number of anilines is 1. The van der Waals surface area contributed by atoms with Crippen molar-refractivity contribution in [1.82, 2.24) is 14.8 Å². The smallest absolute Gasteiger partial charge is 0.407 e. The first-order chi connectivity index (χ1) is 16.8. The van der Waals surface area contributed by atoms with Gasteiger partial charge in [0.15, 0.2) is 0 Å². The molecule has 0 saturated carbocycles. The summed E-state index contributed by atoms with van der Waals surface area (Å²) in [5.74, 6) is 0.769. The number of carbonyl (C=O) groups is 2. The van der Waals surface area contributed by atoms with Crippen LogP contribution in [0, 0.1) is 5.92 Å². The van der Waals surface area contributed by atoms with Crippen LogP contribution < -0.4 is 4.90 Å². The van der Waals surface area contributed by atoms with Crippen LogP contribution in [0.25, 0.3) is 0 Å². The number of nitrogens with zero attached hydrogens (tertiary/aromatic N) is 4. The fourth-order valence-corrected chi connectivity index (χ4v) is 5.40. The number of carbonyl (C=O) groups excluding carboxylic acids is 1. The van der Waals surface area contributed by atoms with Gasteiger partial charge >= 0.3 is 6.09 Å². The average Bonchev–Trinajstić information content (AvgIpc) is 3.29. The number of benzene rings is 1. The summed E-state index contributed by atoms with van der Waals surface area (Å²) in [4.78, 5) is 35.4. The molecule has 8 nitrogen and oxygen atoms in total. The van der Waals surface area contributed by atoms with Crippen molar-refractivity contribution in [1.29, 1.82) is 0 Å². The molecule has 9 heteroatoms. The lowest BCUT2D eigenvalue weighted by atomic mass is 9.93. The van der Waals surface area contributed by atoms with Gasteiger partial charge in [0, 0.05) is 55.8 Å². The zero-order valence-electron chi connectivity index (χ0n) is 20.2. The maximum absolute atomic E-state index is 13.5. The molecule has 0 bridgehead atoms. The minimum absolute atomic E-state index is 0.0903. The van der Waals surface area contributed by atoms with E-state index in [4.69, 9.17) is 11.6 Å². The number of piperidine rings is 1. The zero-order valence-corrected chi connectivity index (χ0v) is 20.9. The van der Waals surface area contributed by atoms with Gasteiger partial charge in [0.1, 0.15) is 5.82 Å². The van der Waals surface area contributed by atoms with Gasteiger partial charge < -0.3 is 24.9 Å². The number of pyridine rings is 1. The molecule has 1 aromatic heterocycles. The monoisotopic (exact) mass is 500 g/mol. The molecule has 0 spiro atoms. The highest BCUT2D eigenvalue weighted by atomic mass is 35.5. The number of hydrogen-bond acceptors (Lipinski definition) is 5. The van der Waals surface area contributed by atoms with E-state index in [-0.39, 0.29) is 23.8 Å². The molecule has 2 fully saturated rings. The summed E-state index contributed by atoms with van der Waals surface area (Å²) >= 11 is 6.06. The van der Waals surface area contributed by atoms with E-state index >= 15 is 0 Å². The summed E-state index contributed by atoms with van der Waals surface area (Å²) in [6.07, 6.45) is 1.63. The summed E-state index contributed by atoms with van der Waals surface area (Å²) in [5.41, 5.74) is 1.77. The molecule has 188 valence electrons. The Kier molecular flexibility index (Phi) is 7.82. The molecular weight excluding hydrogens is 468 g/mol. The maximum Gasteiger partial charge on any atom is 0.407 e. The Morgan fingerprint density at radius 2 is 1.83 bits per heavy atom. The first-order valence-corrected chi connectivity index (χ1v) is 12.6. The molecule has 2 aromatic rings. The number of amides is 2. The van der Waals surface area contributed by atoms with E-state index in [1.807, 2.05) is 48.2 Å². The molecule has 2 N–H and O–H groups in total. The van der Waals surface area contributed by atoms with Crippen LogP contribution in [0.2, 0.25) is 5.02 Å². The van der Waals surface area contributed by atoms with Gasteiger partial charge in [-0.05, 0) is 56.0 Å². The van der Waals surface area contributed by atoms with E-state index in [0.717, 1.165) is 42.9 Å². The van der Waals surface area contributed by atoms with Crippen LogP contribution in [0.4, 0.5) is 10.6 Å².